The van der Waals surface area contributed by atoms with E-state index >= 15 is 0 Å². The molecule has 3 nitrogen and oxygen atoms in total. The number of aromatic nitrogens is 2. The lowest BCUT2D eigenvalue weighted by atomic mass is 10.1. The van der Waals surface area contributed by atoms with Gasteiger partial charge in [-0.2, -0.15) is 0 Å². The summed E-state index contributed by atoms with van der Waals surface area (Å²) >= 11 is 12.3. The van der Waals surface area contributed by atoms with Gasteiger partial charge >= 0.3 is 0 Å². The number of benzene rings is 1. The second-order valence-corrected chi connectivity index (χ2v) is 4.77. The molecule has 20 heavy (non-hydrogen) atoms. The molecule has 0 spiro atoms. The zero-order valence-corrected chi connectivity index (χ0v) is 12.4. The highest BCUT2D eigenvalue weighted by Crippen LogP contribution is 2.32. The molecule has 0 bridgehead atoms. The van der Waals surface area contributed by atoms with E-state index < -0.39 is 0 Å². The Morgan fingerprint density at radius 2 is 1.70 bits per heavy atom. The normalized spacial score (nSPS) is 10.8. The predicted molar refractivity (Wildman–Crippen MR) is 77.6 cm³/mol. The van der Waals surface area contributed by atoms with Crippen LogP contribution in [0.25, 0.3) is 11.1 Å². The summed E-state index contributed by atoms with van der Waals surface area (Å²) in [6.45, 7) is 3.06. The summed E-state index contributed by atoms with van der Waals surface area (Å²) in [6.07, 6.45) is 0.539. The van der Waals surface area contributed by atoms with Crippen molar-refractivity contribution in [1.29, 1.82) is 0 Å². The zero-order chi connectivity index (χ0) is 14.5. The Balaban J connectivity index is 2.29. The van der Waals surface area contributed by atoms with Crippen molar-refractivity contribution < 1.29 is 9.13 Å². The van der Waals surface area contributed by atoms with E-state index in [1.165, 1.54) is 12.1 Å². The highest BCUT2D eigenvalue weighted by atomic mass is 35.5. The maximum absolute atomic E-state index is 12.9. The van der Waals surface area contributed by atoms with Crippen LogP contribution in [-0.2, 0) is 11.2 Å². The Hall–Kier alpha value is -1.23. The first-order valence-electron chi connectivity index (χ1n) is 6.17. The molecule has 0 N–H and O–H groups in total. The third-order valence-electron chi connectivity index (χ3n) is 2.67. The van der Waals surface area contributed by atoms with E-state index in [4.69, 9.17) is 27.9 Å². The van der Waals surface area contributed by atoms with Gasteiger partial charge in [0.1, 0.15) is 21.9 Å². The third-order valence-corrected chi connectivity index (χ3v) is 3.22. The molecule has 0 aliphatic heterocycles. The highest BCUT2D eigenvalue weighted by Gasteiger charge is 2.13. The summed E-state index contributed by atoms with van der Waals surface area (Å²) in [6, 6.07) is 5.85. The summed E-state index contributed by atoms with van der Waals surface area (Å²) in [7, 11) is 0. The minimum Gasteiger partial charge on any atom is -0.381 e. The van der Waals surface area contributed by atoms with E-state index in [-0.39, 0.29) is 16.1 Å². The van der Waals surface area contributed by atoms with E-state index in [0.29, 0.717) is 36.6 Å². The van der Waals surface area contributed by atoms with Gasteiger partial charge in [0, 0.05) is 13.0 Å². The second-order valence-electron chi connectivity index (χ2n) is 4.05. The SMILES string of the molecule is CCOCCc1nc(Cl)c(-c2ccc(F)cc2)c(Cl)n1. The van der Waals surface area contributed by atoms with Gasteiger partial charge in [-0.15, -0.1) is 0 Å². The van der Waals surface area contributed by atoms with Crippen molar-refractivity contribution in [3.05, 3.63) is 46.2 Å². The monoisotopic (exact) mass is 314 g/mol. The number of nitrogens with zero attached hydrogens (tertiary/aromatic N) is 2. The van der Waals surface area contributed by atoms with Crippen LogP contribution in [0.2, 0.25) is 10.3 Å². The molecule has 2 aromatic rings. The molecule has 1 heterocycles. The molecule has 0 atom stereocenters. The van der Waals surface area contributed by atoms with Crippen molar-refractivity contribution in [2.24, 2.45) is 0 Å². The number of hydrogen-bond acceptors (Lipinski definition) is 3. The first kappa shape index (κ1) is 15.2. The van der Waals surface area contributed by atoms with Crippen LogP contribution < -0.4 is 0 Å². The fourth-order valence-corrected chi connectivity index (χ4v) is 2.36. The standard InChI is InChI=1S/C14H13Cl2FN2O/c1-2-20-8-7-11-18-13(15)12(14(16)19-11)9-3-5-10(17)6-4-9/h3-6H,2,7-8H2,1H3. The molecule has 106 valence electrons. The molecule has 0 amide bonds. The van der Waals surface area contributed by atoms with Gasteiger partial charge in [-0.1, -0.05) is 35.3 Å². The maximum atomic E-state index is 12.9. The van der Waals surface area contributed by atoms with Crippen molar-refractivity contribution in [3.8, 4) is 11.1 Å². The molecule has 2 rings (SSSR count). The van der Waals surface area contributed by atoms with Crippen LogP contribution in [-0.4, -0.2) is 23.2 Å². The van der Waals surface area contributed by atoms with Gasteiger partial charge in [0.15, 0.2) is 0 Å². The van der Waals surface area contributed by atoms with E-state index in [2.05, 4.69) is 9.97 Å². The van der Waals surface area contributed by atoms with Crippen molar-refractivity contribution in [2.75, 3.05) is 13.2 Å². The number of rotatable bonds is 5. The summed E-state index contributed by atoms with van der Waals surface area (Å²) < 4.78 is 18.2. The average molecular weight is 315 g/mol. The summed E-state index contributed by atoms with van der Waals surface area (Å²) in [5.41, 5.74) is 1.19. The van der Waals surface area contributed by atoms with Gasteiger partial charge in [-0.3, -0.25) is 0 Å². The molecule has 1 aromatic heterocycles. The molecule has 0 aliphatic carbocycles. The van der Waals surface area contributed by atoms with Gasteiger partial charge < -0.3 is 4.74 Å². The van der Waals surface area contributed by atoms with Crippen LogP contribution in [0.5, 0.6) is 0 Å². The van der Waals surface area contributed by atoms with Gasteiger partial charge in [0.05, 0.1) is 12.2 Å². The van der Waals surface area contributed by atoms with Gasteiger partial charge in [-0.05, 0) is 24.6 Å². The zero-order valence-electron chi connectivity index (χ0n) is 10.9. The smallest absolute Gasteiger partial charge is 0.142 e. The van der Waals surface area contributed by atoms with Crippen LogP contribution in [0.3, 0.4) is 0 Å². The largest absolute Gasteiger partial charge is 0.381 e. The van der Waals surface area contributed by atoms with Crippen molar-refractivity contribution >= 4 is 23.2 Å². The average Bonchev–Trinajstić information content (AvgIpc) is 2.40. The van der Waals surface area contributed by atoms with E-state index in [9.17, 15) is 4.39 Å². The molecule has 1 aromatic carbocycles. The minimum absolute atomic E-state index is 0.253. The highest BCUT2D eigenvalue weighted by molar-refractivity contribution is 6.37. The molecule has 0 fully saturated rings. The molecule has 0 saturated heterocycles. The first-order chi connectivity index (χ1) is 9.61. The molecular weight excluding hydrogens is 302 g/mol. The summed E-state index contributed by atoms with van der Waals surface area (Å²) in [5, 5.41) is 0.506. The molecular formula is C14H13Cl2FN2O. The van der Waals surface area contributed by atoms with E-state index in [1.807, 2.05) is 6.92 Å². The second kappa shape index (κ2) is 6.97. The van der Waals surface area contributed by atoms with Crippen LogP contribution in [0, 0.1) is 5.82 Å². The number of hydrogen-bond donors (Lipinski definition) is 0. The summed E-state index contributed by atoms with van der Waals surface area (Å²) in [4.78, 5) is 8.40. The fraction of sp³-hybridized carbons (Fsp3) is 0.286. The van der Waals surface area contributed by atoms with Crippen molar-refractivity contribution in [3.63, 3.8) is 0 Å². The Morgan fingerprint density at radius 3 is 2.25 bits per heavy atom. The Morgan fingerprint density at radius 1 is 1.10 bits per heavy atom. The Bertz CT molecular complexity index is 567. The van der Waals surface area contributed by atoms with Crippen LogP contribution in [0.4, 0.5) is 4.39 Å². The topological polar surface area (TPSA) is 35.0 Å². The van der Waals surface area contributed by atoms with Crippen molar-refractivity contribution in [1.82, 2.24) is 9.97 Å². The molecule has 0 aliphatic rings. The summed E-state index contributed by atoms with van der Waals surface area (Å²) in [5.74, 6) is 0.203. The Kier molecular flexibility index (Phi) is 5.29. The molecule has 6 heteroatoms. The fourth-order valence-electron chi connectivity index (χ4n) is 1.72. The number of ether oxygens (including phenoxy) is 1. The van der Waals surface area contributed by atoms with Gasteiger partial charge in [0.2, 0.25) is 0 Å². The third kappa shape index (κ3) is 3.66. The van der Waals surface area contributed by atoms with Crippen LogP contribution >= 0.6 is 23.2 Å². The predicted octanol–water partition coefficient (Wildman–Crippen LogP) is 4.17. The molecule has 0 unspecified atom stereocenters. The lowest BCUT2D eigenvalue weighted by Gasteiger charge is -2.08. The Labute approximate surface area is 126 Å². The van der Waals surface area contributed by atoms with E-state index in [1.54, 1.807) is 12.1 Å². The minimum atomic E-state index is -0.324. The molecule has 0 radical (unpaired) electrons. The van der Waals surface area contributed by atoms with E-state index in [0.717, 1.165) is 0 Å². The van der Waals surface area contributed by atoms with Crippen LogP contribution in [0.15, 0.2) is 24.3 Å². The van der Waals surface area contributed by atoms with Gasteiger partial charge in [0.25, 0.3) is 0 Å². The lowest BCUT2D eigenvalue weighted by molar-refractivity contribution is 0.149. The first-order valence-corrected chi connectivity index (χ1v) is 6.93. The van der Waals surface area contributed by atoms with Gasteiger partial charge in [-0.25, -0.2) is 14.4 Å². The number of halogens is 3. The maximum Gasteiger partial charge on any atom is 0.142 e. The molecule has 0 saturated carbocycles. The van der Waals surface area contributed by atoms with Crippen molar-refractivity contribution in [2.45, 2.75) is 13.3 Å². The quantitative estimate of drug-likeness (QED) is 0.613. The lowest BCUT2D eigenvalue weighted by Crippen LogP contribution is -2.04. The van der Waals surface area contributed by atoms with Crippen LogP contribution in [0.1, 0.15) is 12.7 Å².